The molecule has 0 aliphatic rings. The topological polar surface area (TPSA) is 63.7 Å². The van der Waals surface area contributed by atoms with Gasteiger partial charge in [-0.3, -0.25) is 14.4 Å². The second-order valence-corrected chi connectivity index (χ2v) is 9.37. The number of ketones is 2. The fraction of sp³-hybridized carbons (Fsp3) is 0.303. The highest BCUT2D eigenvalue weighted by atomic mass is 16.5. The molecule has 0 heterocycles. The van der Waals surface area contributed by atoms with Gasteiger partial charge >= 0.3 is 5.97 Å². The van der Waals surface area contributed by atoms with E-state index in [0.717, 1.165) is 42.6 Å². The van der Waals surface area contributed by atoms with Crippen molar-refractivity contribution < 1.29 is 19.1 Å². The number of allylic oxidation sites excluding steroid dienone is 1. The number of benzene rings is 3. The van der Waals surface area contributed by atoms with E-state index in [0.29, 0.717) is 35.2 Å². The lowest BCUT2D eigenvalue weighted by Gasteiger charge is -2.24. The average Bonchev–Trinajstić information content (AvgIpc) is 2.93. The Balaban J connectivity index is 1.76. The Morgan fingerprint density at radius 1 is 0.789 bits per heavy atom. The Hall–Kier alpha value is -3.99. The quantitative estimate of drug-likeness (QED) is 0.0765. The van der Waals surface area contributed by atoms with Crippen LogP contribution in [0.4, 0.5) is 11.4 Å². The molecule has 0 atom stereocenters. The van der Waals surface area contributed by atoms with Crippen LogP contribution in [0.3, 0.4) is 0 Å². The molecule has 198 valence electrons. The van der Waals surface area contributed by atoms with Crippen LogP contribution in [0.25, 0.3) is 0 Å². The highest BCUT2D eigenvalue weighted by Crippen LogP contribution is 2.27. The summed E-state index contributed by atoms with van der Waals surface area (Å²) in [6.45, 7) is 8.18. The van der Waals surface area contributed by atoms with Crippen LogP contribution < -0.4 is 4.90 Å². The molecule has 0 aromatic heterocycles. The highest BCUT2D eigenvalue weighted by Gasteiger charge is 2.16. The first-order valence-electron chi connectivity index (χ1n) is 13.3. The molecule has 0 saturated carbocycles. The second kappa shape index (κ2) is 14.1. The van der Waals surface area contributed by atoms with Crippen molar-refractivity contribution in [2.75, 3.05) is 11.4 Å². The van der Waals surface area contributed by atoms with Gasteiger partial charge in [0.05, 0.1) is 0 Å². The first-order valence-corrected chi connectivity index (χ1v) is 13.3. The van der Waals surface area contributed by atoms with Crippen molar-refractivity contribution in [3.63, 3.8) is 0 Å². The van der Waals surface area contributed by atoms with Crippen LogP contribution in [0, 0.1) is 6.92 Å². The van der Waals surface area contributed by atoms with Crippen LogP contribution in [0.5, 0.6) is 0 Å². The summed E-state index contributed by atoms with van der Waals surface area (Å²) in [6, 6.07) is 22.7. The van der Waals surface area contributed by atoms with Crippen molar-refractivity contribution >= 4 is 28.9 Å². The molecule has 5 nitrogen and oxygen atoms in total. The van der Waals surface area contributed by atoms with Crippen molar-refractivity contribution in [1.82, 2.24) is 0 Å². The number of nitrogens with zero attached hydrogens (tertiary/aromatic N) is 1. The molecule has 0 bridgehead atoms. The maximum absolute atomic E-state index is 13.2. The van der Waals surface area contributed by atoms with Gasteiger partial charge in [0.15, 0.2) is 11.6 Å². The van der Waals surface area contributed by atoms with Gasteiger partial charge in [0.25, 0.3) is 0 Å². The van der Waals surface area contributed by atoms with Gasteiger partial charge in [-0.1, -0.05) is 50.5 Å². The number of Topliss-reactive ketones (excluding diaryl/α,β-unsaturated/α-hetero) is 1. The number of aryl methyl sites for hydroxylation is 1. The monoisotopic (exact) mass is 511 g/mol. The number of hydrogen-bond donors (Lipinski definition) is 0. The van der Waals surface area contributed by atoms with Crippen molar-refractivity contribution in [1.29, 1.82) is 0 Å². The molecule has 0 unspecified atom stereocenters. The molecule has 0 N–H and O–H groups in total. The van der Waals surface area contributed by atoms with Gasteiger partial charge < -0.3 is 9.64 Å². The lowest BCUT2D eigenvalue weighted by Crippen LogP contribution is -2.16. The molecule has 0 spiro atoms. The minimum absolute atomic E-state index is 0.00729. The molecule has 3 aromatic carbocycles. The zero-order chi connectivity index (χ0) is 27.5. The SMILES string of the molecule is CCCCCC/C(=C\OC(C)=O)C(=O)c1ccc(N(CC)c2ccc(C(=O)c3ccccc3C)cc2)cc1. The summed E-state index contributed by atoms with van der Waals surface area (Å²) < 4.78 is 5.05. The van der Waals surface area contributed by atoms with Gasteiger partial charge in [-0.25, -0.2) is 0 Å². The number of esters is 1. The van der Waals surface area contributed by atoms with E-state index in [1.54, 1.807) is 0 Å². The van der Waals surface area contributed by atoms with Gasteiger partial charge in [0, 0.05) is 47.1 Å². The summed E-state index contributed by atoms with van der Waals surface area (Å²) in [5.41, 5.74) is 5.27. The smallest absolute Gasteiger partial charge is 0.307 e. The number of hydrogen-bond acceptors (Lipinski definition) is 5. The van der Waals surface area contributed by atoms with Gasteiger partial charge in [-0.15, -0.1) is 0 Å². The molecular formula is C33H37NO4. The van der Waals surface area contributed by atoms with Crippen LogP contribution in [-0.2, 0) is 9.53 Å². The number of ether oxygens (including phenoxy) is 1. The van der Waals surface area contributed by atoms with Gasteiger partial charge in [0.2, 0.25) is 0 Å². The van der Waals surface area contributed by atoms with Gasteiger partial charge in [-0.05, 0) is 80.8 Å². The predicted octanol–water partition coefficient (Wildman–Crippen LogP) is 7.98. The summed E-state index contributed by atoms with van der Waals surface area (Å²) in [6.07, 6.45) is 6.00. The fourth-order valence-corrected chi connectivity index (χ4v) is 4.39. The van der Waals surface area contributed by atoms with E-state index in [-0.39, 0.29) is 11.6 Å². The van der Waals surface area contributed by atoms with Crippen molar-refractivity contribution in [2.24, 2.45) is 0 Å². The van der Waals surface area contributed by atoms with E-state index in [9.17, 15) is 14.4 Å². The second-order valence-electron chi connectivity index (χ2n) is 9.37. The van der Waals surface area contributed by atoms with Gasteiger partial charge in [-0.2, -0.15) is 0 Å². The maximum atomic E-state index is 13.2. The standard InChI is InChI=1S/C33H37NO4/c1-5-7-8-9-13-28(23-38-25(4)35)32(36)26-15-19-29(20-16-26)34(6-2)30-21-17-27(18-22-30)33(37)31-14-11-10-12-24(31)3/h10-12,14-23H,5-9,13H2,1-4H3/b28-23+. The zero-order valence-corrected chi connectivity index (χ0v) is 22.8. The average molecular weight is 512 g/mol. The van der Waals surface area contributed by atoms with E-state index in [1.807, 2.05) is 79.7 Å². The number of rotatable bonds is 13. The molecule has 0 fully saturated rings. The van der Waals surface area contributed by atoms with Crippen LogP contribution in [0.1, 0.15) is 84.7 Å². The highest BCUT2D eigenvalue weighted by molar-refractivity contribution is 6.10. The Kier molecular flexibility index (Phi) is 10.6. The van der Waals surface area contributed by atoms with Gasteiger partial charge in [0.1, 0.15) is 6.26 Å². The largest absolute Gasteiger partial charge is 0.434 e. The summed E-state index contributed by atoms with van der Waals surface area (Å²) in [5, 5.41) is 0. The zero-order valence-electron chi connectivity index (χ0n) is 22.8. The normalized spacial score (nSPS) is 11.2. The third-order valence-electron chi connectivity index (χ3n) is 6.55. The van der Waals surface area contributed by atoms with E-state index < -0.39 is 5.97 Å². The van der Waals surface area contributed by atoms with E-state index in [1.165, 1.54) is 13.2 Å². The Bertz CT molecular complexity index is 1270. The number of carbonyl (C=O) groups excluding carboxylic acids is 3. The van der Waals surface area contributed by atoms with Crippen LogP contribution in [-0.4, -0.2) is 24.1 Å². The van der Waals surface area contributed by atoms with Crippen LogP contribution in [0.15, 0.2) is 84.6 Å². The first kappa shape index (κ1) is 28.6. The van der Waals surface area contributed by atoms with Crippen molar-refractivity contribution in [2.45, 2.75) is 59.8 Å². The minimum Gasteiger partial charge on any atom is -0.434 e. The molecular weight excluding hydrogens is 474 g/mol. The molecule has 0 amide bonds. The molecule has 0 aliphatic heterocycles. The molecule has 3 rings (SSSR count). The van der Waals surface area contributed by atoms with Crippen LogP contribution >= 0.6 is 0 Å². The number of unbranched alkanes of at least 4 members (excludes halogenated alkanes) is 3. The molecule has 0 saturated heterocycles. The third-order valence-corrected chi connectivity index (χ3v) is 6.55. The lowest BCUT2D eigenvalue weighted by atomic mass is 9.98. The molecule has 5 heteroatoms. The fourth-order valence-electron chi connectivity index (χ4n) is 4.39. The van der Waals surface area contributed by atoms with E-state index in [4.69, 9.17) is 4.74 Å². The third kappa shape index (κ3) is 7.51. The molecule has 38 heavy (non-hydrogen) atoms. The summed E-state index contributed by atoms with van der Waals surface area (Å²) in [4.78, 5) is 39.6. The van der Waals surface area contributed by atoms with Crippen molar-refractivity contribution in [3.8, 4) is 0 Å². The summed E-state index contributed by atoms with van der Waals surface area (Å²) in [7, 11) is 0. The Morgan fingerprint density at radius 2 is 1.39 bits per heavy atom. The lowest BCUT2D eigenvalue weighted by molar-refractivity contribution is -0.135. The number of carbonyl (C=O) groups is 3. The molecule has 3 aromatic rings. The number of anilines is 2. The van der Waals surface area contributed by atoms with Crippen molar-refractivity contribution in [3.05, 3.63) is 107 Å². The summed E-state index contributed by atoms with van der Waals surface area (Å²) >= 11 is 0. The first-order chi connectivity index (χ1) is 18.3. The summed E-state index contributed by atoms with van der Waals surface area (Å²) in [5.74, 6) is -0.561. The molecule has 0 radical (unpaired) electrons. The van der Waals surface area contributed by atoms with E-state index >= 15 is 0 Å². The molecule has 0 aliphatic carbocycles. The van der Waals surface area contributed by atoms with E-state index in [2.05, 4.69) is 18.7 Å². The Morgan fingerprint density at radius 3 is 1.95 bits per heavy atom. The minimum atomic E-state index is -0.440. The Labute approximate surface area is 226 Å². The predicted molar refractivity (Wildman–Crippen MR) is 153 cm³/mol. The van der Waals surface area contributed by atoms with Crippen LogP contribution in [0.2, 0.25) is 0 Å². The maximum Gasteiger partial charge on any atom is 0.307 e.